The number of methoxy groups -OCH3 is 1. The molecule has 0 N–H and O–H groups in total. The molecule has 3 aromatic carbocycles. The topological polar surface area (TPSA) is 26.3 Å². The third kappa shape index (κ3) is 2.36. The maximum Gasteiger partial charge on any atom is 0.348 e. The zero-order valence-corrected chi connectivity index (χ0v) is 14.4. The minimum atomic E-state index is -2.93. The number of halogens is 4. The Hall–Kier alpha value is -2.08. The second-order valence-electron chi connectivity index (χ2n) is 5.54. The normalized spacial score (nSPS) is 13.9. The number of benzene rings is 3. The van der Waals surface area contributed by atoms with Crippen LogP contribution in [0.2, 0.25) is 0 Å². The lowest BCUT2D eigenvalue weighted by Crippen LogP contribution is -2.31. The van der Waals surface area contributed by atoms with Crippen LogP contribution < -0.4 is 0 Å². The predicted octanol–water partition coefficient (Wildman–Crippen LogP) is 5.39. The van der Waals surface area contributed by atoms with Gasteiger partial charge in [0, 0.05) is 9.86 Å². The van der Waals surface area contributed by atoms with E-state index in [-0.39, 0.29) is 5.39 Å². The van der Waals surface area contributed by atoms with Crippen LogP contribution in [0.3, 0.4) is 0 Å². The second-order valence-corrected chi connectivity index (χ2v) is 6.39. The highest BCUT2D eigenvalue weighted by atomic mass is 79.9. The number of ether oxygens (including phenoxy) is 1. The van der Waals surface area contributed by atoms with E-state index in [9.17, 15) is 18.0 Å². The van der Waals surface area contributed by atoms with Gasteiger partial charge in [-0.25, -0.2) is 18.0 Å². The van der Waals surface area contributed by atoms with Gasteiger partial charge in [0.1, 0.15) is 11.6 Å². The van der Waals surface area contributed by atoms with E-state index in [1.165, 1.54) is 6.07 Å². The summed E-state index contributed by atoms with van der Waals surface area (Å²) >= 11 is 3.39. The molecule has 0 fully saturated rings. The van der Waals surface area contributed by atoms with E-state index in [0.717, 1.165) is 30.0 Å². The van der Waals surface area contributed by atoms with Crippen LogP contribution in [-0.2, 0) is 15.2 Å². The molecule has 0 heterocycles. The Labute approximate surface area is 144 Å². The smallest absolute Gasteiger partial charge is 0.348 e. The Kier molecular flexibility index (Phi) is 4.03. The predicted molar refractivity (Wildman–Crippen MR) is 89.5 cm³/mol. The van der Waals surface area contributed by atoms with Gasteiger partial charge in [-0.15, -0.1) is 0 Å². The number of hydrogen-bond donors (Lipinski definition) is 0. The van der Waals surface area contributed by atoms with Crippen LogP contribution in [-0.4, -0.2) is 13.1 Å². The summed E-state index contributed by atoms with van der Waals surface area (Å²) in [5.41, 5.74) is -3.88. The highest BCUT2D eigenvalue weighted by Crippen LogP contribution is 2.38. The van der Waals surface area contributed by atoms with Crippen molar-refractivity contribution >= 4 is 43.4 Å². The third-order valence-corrected chi connectivity index (χ3v) is 4.75. The van der Waals surface area contributed by atoms with Crippen LogP contribution in [0.25, 0.3) is 21.5 Å². The number of carbonyl (C=O) groups is 1. The van der Waals surface area contributed by atoms with Gasteiger partial charge in [-0.3, -0.25) is 0 Å². The number of fused-ring (bicyclic) bond motifs is 3. The van der Waals surface area contributed by atoms with Gasteiger partial charge in [-0.05, 0) is 35.2 Å². The molecule has 0 unspecified atom stereocenters. The Bertz CT molecular complexity index is 983. The van der Waals surface area contributed by atoms with Gasteiger partial charge >= 0.3 is 5.97 Å². The summed E-state index contributed by atoms with van der Waals surface area (Å²) in [6.45, 7) is 0.782. The average molecular weight is 397 g/mol. The molecule has 0 saturated heterocycles. The summed E-state index contributed by atoms with van der Waals surface area (Å²) in [7, 11) is 0.960. The number of alkyl halides is 1. The molecule has 0 aromatic heterocycles. The van der Waals surface area contributed by atoms with Crippen LogP contribution in [0.1, 0.15) is 12.5 Å². The van der Waals surface area contributed by atoms with E-state index in [1.807, 2.05) is 6.07 Å². The van der Waals surface area contributed by atoms with Gasteiger partial charge in [0.15, 0.2) is 0 Å². The van der Waals surface area contributed by atoms with E-state index in [2.05, 4.69) is 20.7 Å². The highest BCUT2D eigenvalue weighted by Gasteiger charge is 2.42. The first-order chi connectivity index (χ1) is 11.3. The SMILES string of the molecule is COC(=O)[C@@](C)(F)c1c(F)cc2c(ccc3c(Br)cccc32)c1F. The van der Waals surface area contributed by atoms with Crippen molar-refractivity contribution in [2.45, 2.75) is 12.6 Å². The summed E-state index contributed by atoms with van der Waals surface area (Å²) in [5, 5.41) is 1.72. The molecule has 24 heavy (non-hydrogen) atoms. The summed E-state index contributed by atoms with van der Waals surface area (Å²) in [6.07, 6.45) is 0. The molecule has 0 saturated carbocycles. The van der Waals surface area contributed by atoms with Gasteiger partial charge in [-0.2, -0.15) is 0 Å². The molecule has 1 atom stereocenters. The zero-order chi connectivity index (χ0) is 17.6. The first-order valence-corrected chi connectivity index (χ1v) is 7.85. The molecule has 6 heteroatoms. The molecule has 0 aliphatic rings. The number of carbonyl (C=O) groups excluding carboxylic acids is 1. The van der Waals surface area contributed by atoms with Crippen LogP contribution in [0.4, 0.5) is 13.2 Å². The fourth-order valence-electron chi connectivity index (χ4n) is 2.85. The van der Waals surface area contributed by atoms with Gasteiger partial charge in [0.05, 0.1) is 12.7 Å². The van der Waals surface area contributed by atoms with Gasteiger partial charge < -0.3 is 4.74 Å². The van der Waals surface area contributed by atoms with E-state index in [0.29, 0.717) is 10.8 Å². The molecule has 3 aromatic rings. The zero-order valence-electron chi connectivity index (χ0n) is 12.8. The number of hydrogen-bond acceptors (Lipinski definition) is 2. The summed E-state index contributed by atoms with van der Waals surface area (Å²) < 4.78 is 49.1. The molecule has 0 aliphatic carbocycles. The minimum absolute atomic E-state index is 0.0322. The fraction of sp³-hybridized carbons (Fsp3) is 0.167. The average Bonchev–Trinajstić information content (AvgIpc) is 2.54. The van der Waals surface area contributed by atoms with E-state index >= 15 is 0 Å². The van der Waals surface area contributed by atoms with Crippen molar-refractivity contribution in [3.05, 3.63) is 58.1 Å². The molecule has 0 aliphatic heterocycles. The maximum absolute atomic E-state index is 14.9. The molecule has 0 radical (unpaired) electrons. The molecule has 0 spiro atoms. The van der Waals surface area contributed by atoms with Crippen LogP contribution in [0.5, 0.6) is 0 Å². The van der Waals surface area contributed by atoms with Crippen molar-refractivity contribution < 1.29 is 22.7 Å². The van der Waals surface area contributed by atoms with Crippen molar-refractivity contribution in [2.75, 3.05) is 7.11 Å². The quantitative estimate of drug-likeness (QED) is 0.428. The van der Waals surface area contributed by atoms with Gasteiger partial charge in [0.2, 0.25) is 5.67 Å². The van der Waals surface area contributed by atoms with Gasteiger partial charge in [0.25, 0.3) is 0 Å². The summed E-state index contributed by atoms with van der Waals surface area (Å²) in [5.74, 6) is -3.60. The lowest BCUT2D eigenvalue weighted by molar-refractivity contribution is -0.154. The molecular weight excluding hydrogens is 385 g/mol. The van der Waals surface area contributed by atoms with Crippen LogP contribution in [0.15, 0.2) is 40.9 Å². The van der Waals surface area contributed by atoms with Crippen LogP contribution in [0, 0.1) is 11.6 Å². The first kappa shape index (κ1) is 16.8. The van der Waals surface area contributed by atoms with Crippen molar-refractivity contribution in [2.24, 2.45) is 0 Å². The van der Waals surface area contributed by atoms with E-state index in [1.54, 1.807) is 18.2 Å². The number of esters is 1. The lowest BCUT2D eigenvalue weighted by Gasteiger charge is -2.20. The molecule has 0 amide bonds. The second kappa shape index (κ2) is 5.77. The third-order valence-electron chi connectivity index (χ3n) is 4.05. The molecule has 3 rings (SSSR count). The summed E-state index contributed by atoms with van der Waals surface area (Å²) in [6, 6.07) is 9.40. The lowest BCUT2D eigenvalue weighted by atomic mass is 9.92. The standard InChI is InChI=1S/C18H12BrF3O2/c1-18(22,17(23)24-2)15-14(20)8-12-9-4-3-5-13(19)10(9)6-7-11(12)16(15)21/h3-8H,1-2H3/t18-/m0/s1. The van der Waals surface area contributed by atoms with Crippen molar-refractivity contribution in [3.63, 3.8) is 0 Å². The Morgan fingerprint density at radius 1 is 1.08 bits per heavy atom. The Morgan fingerprint density at radius 3 is 2.42 bits per heavy atom. The number of rotatable bonds is 2. The highest BCUT2D eigenvalue weighted by molar-refractivity contribution is 9.10. The fourth-order valence-corrected chi connectivity index (χ4v) is 3.35. The minimum Gasteiger partial charge on any atom is -0.466 e. The van der Waals surface area contributed by atoms with Crippen molar-refractivity contribution in [1.82, 2.24) is 0 Å². The molecule has 0 bridgehead atoms. The van der Waals surface area contributed by atoms with Crippen molar-refractivity contribution in [3.8, 4) is 0 Å². The largest absolute Gasteiger partial charge is 0.466 e. The van der Waals surface area contributed by atoms with E-state index < -0.39 is 28.8 Å². The first-order valence-electron chi connectivity index (χ1n) is 7.05. The molecule has 2 nitrogen and oxygen atoms in total. The monoisotopic (exact) mass is 396 g/mol. The maximum atomic E-state index is 14.9. The van der Waals surface area contributed by atoms with Crippen LogP contribution >= 0.6 is 15.9 Å². The van der Waals surface area contributed by atoms with E-state index in [4.69, 9.17) is 0 Å². The molecular formula is C18H12BrF3O2. The Balaban J connectivity index is 2.41. The summed E-state index contributed by atoms with van der Waals surface area (Å²) in [4.78, 5) is 11.6. The Morgan fingerprint density at radius 2 is 1.75 bits per heavy atom. The van der Waals surface area contributed by atoms with Gasteiger partial charge in [-0.1, -0.05) is 40.2 Å². The molecule has 124 valence electrons. The van der Waals surface area contributed by atoms with Crippen molar-refractivity contribution in [1.29, 1.82) is 0 Å².